The van der Waals surface area contributed by atoms with Crippen LogP contribution in [0.15, 0.2) is 48.5 Å². The van der Waals surface area contributed by atoms with Crippen LogP contribution in [0.4, 0.5) is 0 Å². The highest BCUT2D eigenvalue weighted by Crippen LogP contribution is 2.26. The van der Waals surface area contributed by atoms with Gasteiger partial charge in [0.2, 0.25) is 0 Å². The minimum Gasteiger partial charge on any atom is -0.329 e. The molecule has 2 aromatic carbocycles. The Morgan fingerprint density at radius 2 is 1.09 bits per heavy atom. The molecule has 0 bridgehead atoms. The van der Waals surface area contributed by atoms with Crippen LogP contribution in [0.2, 0.25) is 22.1 Å². The highest BCUT2D eigenvalue weighted by atomic mass is 35.5. The fraction of sp³-hybridized carbons (Fsp3) is 0.333. The lowest BCUT2D eigenvalue weighted by Crippen LogP contribution is -2.65. The Morgan fingerprint density at radius 1 is 0.727 bits per heavy atom. The van der Waals surface area contributed by atoms with Crippen LogP contribution in [0, 0.1) is 0 Å². The SMILES string of the molecule is C[N+]1(C)CC[Si](c2ccc(Cl)cc2)(c2ccc(Cl)cc2)CC1. The highest BCUT2D eigenvalue weighted by Gasteiger charge is 2.43. The van der Waals surface area contributed by atoms with Crippen LogP contribution < -0.4 is 10.4 Å². The molecule has 2 aromatic rings. The van der Waals surface area contributed by atoms with E-state index < -0.39 is 8.07 Å². The standard InChI is InChI=1S/C18H22Cl2NSi/c1-21(2)11-13-22(14-12-21,17-7-3-15(19)4-8-17)18-9-5-16(20)6-10-18/h3-10H,11-14H2,1-2H3/q+1. The second-order valence-corrected chi connectivity index (χ2v) is 12.2. The van der Waals surface area contributed by atoms with E-state index in [9.17, 15) is 0 Å². The van der Waals surface area contributed by atoms with Gasteiger partial charge in [-0.3, -0.25) is 0 Å². The van der Waals surface area contributed by atoms with Gasteiger partial charge in [-0.05, 0) is 24.3 Å². The number of quaternary nitrogens is 1. The molecule has 0 N–H and O–H groups in total. The average Bonchev–Trinajstić information content (AvgIpc) is 2.50. The molecule has 0 radical (unpaired) electrons. The number of halogens is 2. The van der Waals surface area contributed by atoms with Gasteiger partial charge in [0.15, 0.2) is 0 Å². The van der Waals surface area contributed by atoms with Crippen LogP contribution in [0.5, 0.6) is 0 Å². The molecule has 4 heteroatoms. The Balaban J connectivity index is 2.06. The molecule has 0 atom stereocenters. The molecule has 1 aliphatic rings. The Labute approximate surface area is 144 Å². The van der Waals surface area contributed by atoms with Gasteiger partial charge in [-0.25, -0.2) is 0 Å². The summed E-state index contributed by atoms with van der Waals surface area (Å²) in [6, 6.07) is 19.7. The monoisotopic (exact) mass is 350 g/mol. The minimum absolute atomic E-state index is 0.816. The number of benzene rings is 2. The molecule has 3 rings (SSSR count). The third-order valence-corrected chi connectivity index (χ3v) is 10.6. The average molecular weight is 351 g/mol. The Kier molecular flexibility index (Phi) is 4.39. The van der Waals surface area contributed by atoms with Crippen molar-refractivity contribution in [3.05, 3.63) is 58.6 Å². The van der Waals surface area contributed by atoms with Crippen LogP contribution in [-0.4, -0.2) is 39.7 Å². The van der Waals surface area contributed by atoms with Gasteiger partial charge in [-0.15, -0.1) is 0 Å². The molecule has 0 spiro atoms. The van der Waals surface area contributed by atoms with Gasteiger partial charge >= 0.3 is 0 Å². The summed E-state index contributed by atoms with van der Waals surface area (Å²) < 4.78 is 1.12. The van der Waals surface area contributed by atoms with Gasteiger partial charge in [-0.1, -0.05) is 57.8 Å². The van der Waals surface area contributed by atoms with Crippen molar-refractivity contribution in [1.82, 2.24) is 0 Å². The second kappa shape index (κ2) is 6.01. The molecule has 116 valence electrons. The van der Waals surface area contributed by atoms with Gasteiger partial charge in [-0.2, -0.15) is 0 Å². The first-order chi connectivity index (χ1) is 10.4. The van der Waals surface area contributed by atoms with E-state index in [2.05, 4.69) is 38.4 Å². The lowest BCUT2D eigenvalue weighted by Gasteiger charge is -2.44. The van der Waals surface area contributed by atoms with Crippen LogP contribution in [0.3, 0.4) is 0 Å². The largest absolute Gasteiger partial charge is 0.329 e. The van der Waals surface area contributed by atoms with E-state index >= 15 is 0 Å². The summed E-state index contributed by atoms with van der Waals surface area (Å²) in [4.78, 5) is 0. The van der Waals surface area contributed by atoms with E-state index in [0.29, 0.717) is 0 Å². The molecule has 1 aliphatic heterocycles. The van der Waals surface area contributed by atoms with Gasteiger partial charge in [0.05, 0.1) is 27.2 Å². The number of hydrogen-bond acceptors (Lipinski definition) is 0. The number of rotatable bonds is 2. The van der Waals surface area contributed by atoms with Gasteiger partial charge in [0.25, 0.3) is 0 Å². The minimum atomic E-state index is -1.70. The van der Waals surface area contributed by atoms with Crippen molar-refractivity contribution >= 4 is 41.6 Å². The zero-order valence-electron chi connectivity index (χ0n) is 13.2. The Hall–Kier alpha value is -0.803. The molecular formula is C18H22Cl2NSi+. The molecule has 0 saturated carbocycles. The molecule has 1 fully saturated rings. The van der Waals surface area contributed by atoms with Crippen molar-refractivity contribution in [1.29, 1.82) is 0 Å². The van der Waals surface area contributed by atoms with E-state index in [1.165, 1.54) is 35.6 Å². The topological polar surface area (TPSA) is 0 Å². The van der Waals surface area contributed by atoms with E-state index in [1.807, 2.05) is 24.3 Å². The first kappa shape index (κ1) is 16.1. The molecule has 1 nitrogen and oxygen atoms in total. The lowest BCUT2D eigenvalue weighted by atomic mass is 10.3. The van der Waals surface area contributed by atoms with E-state index in [-0.39, 0.29) is 0 Å². The summed E-state index contributed by atoms with van der Waals surface area (Å²) in [5, 5.41) is 4.63. The summed E-state index contributed by atoms with van der Waals surface area (Å²) in [5.41, 5.74) is 0. The van der Waals surface area contributed by atoms with E-state index in [1.54, 1.807) is 0 Å². The van der Waals surface area contributed by atoms with Crippen molar-refractivity contribution in [3.63, 3.8) is 0 Å². The van der Waals surface area contributed by atoms with Crippen LogP contribution in [0.1, 0.15) is 0 Å². The summed E-state index contributed by atoms with van der Waals surface area (Å²) in [5.74, 6) is 0. The molecule has 0 aromatic heterocycles. The zero-order valence-corrected chi connectivity index (χ0v) is 15.7. The summed E-state index contributed by atoms with van der Waals surface area (Å²) >= 11 is 12.2. The summed E-state index contributed by atoms with van der Waals surface area (Å²) in [7, 11) is 2.97. The maximum Gasteiger partial charge on any atom is 0.129 e. The molecule has 1 heterocycles. The van der Waals surface area contributed by atoms with Crippen LogP contribution in [0.25, 0.3) is 0 Å². The molecule has 22 heavy (non-hydrogen) atoms. The maximum atomic E-state index is 6.10. The molecule has 0 amide bonds. The van der Waals surface area contributed by atoms with Gasteiger partial charge in [0, 0.05) is 22.1 Å². The molecule has 0 aliphatic carbocycles. The van der Waals surface area contributed by atoms with Gasteiger partial charge in [0.1, 0.15) is 8.07 Å². The quantitative estimate of drug-likeness (QED) is 0.572. The summed E-state index contributed by atoms with van der Waals surface area (Å²) in [6.45, 7) is 2.47. The number of hydrogen-bond donors (Lipinski definition) is 0. The van der Waals surface area contributed by atoms with Crippen LogP contribution >= 0.6 is 23.2 Å². The van der Waals surface area contributed by atoms with E-state index in [0.717, 1.165) is 14.5 Å². The Morgan fingerprint density at radius 3 is 1.45 bits per heavy atom. The lowest BCUT2D eigenvalue weighted by molar-refractivity contribution is -0.888. The first-order valence-corrected chi connectivity index (χ1v) is 10.9. The fourth-order valence-electron chi connectivity index (χ4n) is 3.51. The van der Waals surface area contributed by atoms with Crippen molar-refractivity contribution < 1.29 is 4.48 Å². The molecule has 1 saturated heterocycles. The van der Waals surface area contributed by atoms with E-state index in [4.69, 9.17) is 23.2 Å². The third-order valence-electron chi connectivity index (χ3n) is 5.08. The van der Waals surface area contributed by atoms with Crippen molar-refractivity contribution in [2.45, 2.75) is 12.1 Å². The molecular weight excluding hydrogens is 329 g/mol. The zero-order chi connectivity index (χ0) is 15.8. The predicted octanol–water partition coefficient (Wildman–Crippen LogP) is 3.65. The Bertz CT molecular complexity index is 592. The first-order valence-electron chi connectivity index (χ1n) is 7.75. The van der Waals surface area contributed by atoms with Crippen LogP contribution in [-0.2, 0) is 0 Å². The normalized spacial score (nSPS) is 19.8. The second-order valence-electron chi connectivity index (χ2n) is 6.98. The maximum absolute atomic E-state index is 6.10. The smallest absolute Gasteiger partial charge is 0.129 e. The van der Waals surface area contributed by atoms with Crippen molar-refractivity contribution in [2.24, 2.45) is 0 Å². The third kappa shape index (κ3) is 3.11. The highest BCUT2D eigenvalue weighted by molar-refractivity contribution is 7.02. The fourth-order valence-corrected chi connectivity index (χ4v) is 9.08. The molecule has 0 unspecified atom stereocenters. The van der Waals surface area contributed by atoms with Crippen molar-refractivity contribution in [3.8, 4) is 0 Å². The summed E-state index contributed by atoms with van der Waals surface area (Å²) in [6.07, 6.45) is 0. The van der Waals surface area contributed by atoms with Crippen molar-refractivity contribution in [2.75, 3.05) is 27.2 Å². The number of nitrogens with zero attached hydrogens (tertiary/aromatic N) is 1. The predicted molar refractivity (Wildman–Crippen MR) is 99.4 cm³/mol. The van der Waals surface area contributed by atoms with Gasteiger partial charge < -0.3 is 4.48 Å².